The highest BCUT2D eigenvalue weighted by molar-refractivity contribution is 6.03. The van der Waals surface area contributed by atoms with Gasteiger partial charge in [-0.2, -0.15) is 5.10 Å². The van der Waals surface area contributed by atoms with E-state index in [1.165, 1.54) is 0 Å². The van der Waals surface area contributed by atoms with Crippen LogP contribution in [0.2, 0.25) is 0 Å². The van der Waals surface area contributed by atoms with Crippen LogP contribution in [-0.4, -0.2) is 20.4 Å². The van der Waals surface area contributed by atoms with Gasteiger partial charge in [-0.1, -0.05) is 12.1 Å². The minimum absolute atomic E-state index is 0.0369. The summed E-state index contributed by atoms with van der Waals surface area (Å²) in [5.74, 6) is 0.0369. The molecule has 0 aromatic carbocycles. The fourth-order valence-corrected chi connectivity index (χ4v) is 1.91. The summed E-state index contributed by atoms with van der Waals surface area (Å²) >= 11 is 0. The van der Waals surface area contributed by atoms with Crippen LogP contribution in [0.15, 0.2) is 55.0 Å². The second kappa shape index (κ2) is 4.41. The predicted octanol–water partition coefficient (Wildman–Crippen LogP) is 2.15. The molecule has 88 valence electrons. The molecule has 0 fully saturated rings. The number of carbonyl (C=O) groups excluding carboxylic acids is 1. The topological polar surface area (TPSA) is 47.3 Å². The van der Waals surface area contributed by atoms with Crippen LogP contribution >= 0.6 is 0 Å². The zero-order valence-corrected chi connectivity index (χ0v) is 9.65. The monoisotopic (exact) mass is 237 g/mol. The van der Waals surface area contributed by atoms with Crippen LogP contribution in [-0.2, 0) is 6.42 Å². The molecule has 3 rings (SSSR count). The minimum atomic E-state index is 0.0369. The van der Waals surface area contributed by atoms with Gasteiger partial charge in [0.2, 0.25) is 0 Å². The van der Waals surface area contributed by atoms with Crippen molar-refractivity contribution < 1.29 is 4.79 Å². The first-order valence-electron chi connectivity index (χ1n) is 5.70. The zero-order chi connectivity index (χ0) is 12.4. The Hall–Kier alpha value is -2.49. The van der Waals surface area contributed by atoms with Crippen LogP contribution in [0.5, 0.6) is 0 Å². The van der Waals surface area contributed by atoms with Crippen LogP contribution in [0.4, 0.5) is 0 Å². The van der Waals surface area contributed by atoms with Gasteiger partial charge in [-0.3, -0.25) is 9.78 Å². The summed E-state index contributed by atoms with van der Waals surface area (Å²) in [4.78, 5) is 16.4. The van der Waals surface area contributed by atoms with Crippen molar-refractivity contribution >= 4 is 11.3 Å². The van der Waals surface area contributed by atoms with E-state index in [1.54, 1.807) is 16.9 Å². The summed E-state index contributed by atoms with van der Waals surface area (Å²) in [6.07, 6.45) is 5.43. The quantitative estimate of drug-likeness (QED) is 0.656. The molecule has 4 heteroatoms. The number of hydrogen-bond acceptors (Lipinski definition) is 3. The highest BCUT2D eigenvalue weighted by Gasteiger charge is 2.13. The van der Waals surface area contributed by atoms with Crippen molar-refractivity contribution in [3.8, 4) is 0 Å². The Labute approximate surface area is 104 Å². The Bertz CT molecular complexity index is 688. The van der Waals surface area contributed by atoms with Gasteiger partial charge in [0.05, 0.1) is 23.7 Å². The second-order valence-electron chi connectivity index (χ2n) is 4.01. The van der Waals surface area contributed by atoms with Gasteiger partial charge in [-0.15, -0.1) is 0 Å². The smallest absolute Gasteiger partial charge is 0.172 e. The van der Waals surface area contributed by atoms with Crippen molar-refractivity contribution in [2.45, 2.75) is 6.42 Å². The lowest BCUT2D eigenvalue weighted by Gasteiger charge is -1.99. The van der Waals surface area contributed by atoms with Crippen molar-refractivity contribution in [1.29, 1.82) is 0 Å². The SMILES string of the molecule is O=C(Cc1ccccn1)c1cnn2ccccc12. The largest absolute Gasteiger partial charge is 0.294 e. The summed E-state index contributed by atoms with van der Waals surface area (Å²) in [7, 11) is 0. The number of Topliss-reactive ketones (excluding diaryl/α,β-unsaturated/α-hetero) is 1. The lowest BCUT2D eigenvalue weighted by Crippen LogP contribution is -2.04. The summed E-state index contributed by atoms with van der Waals surface area (Å²) < 4.78 is 1.70. The predicted molar refractivity (Wildman–Crippen MR) is 67.5 cm³/mol. The highest BCUT2D eigenvalue weighted by Crippen LogP contribution is 2.12. The number of fused-ring (bicyclic) bond motifs is 1. The molecule has 0 amide bonds. The molecule has 0 bridgehead atoms. The van der Waals surface area contributed by atoms with Gasteiger partial charge >= 0.3 is 0 Å². The molecule has 0 aliphatic carbocycles. The number of hydrogen-bond donors (Lipinski definition) is 0. The Morgan fingerprint density at radius 3 is 2.89 bits per heavy atom. The molecule has 18 heavy (non-hydrogen) atoms. The van der Waals surface area contributed by atoms with Crippen molar-refractivity contribution in [3.05, 3.63) is 66.2 Å². The van der Waals surface area contributed by atoms with E-state index < -0.39 is 0 Å². The van der Waals surface area contributed by atoms with Gasteiger partial charge in [0, 0.05) is 18.1 Å². The van der Waals surface area contributed by atoms with Gasteiger partial charge in [-0.25, -0.2) is 4.52 Å². The van der Waals surface area contributed by atoms with Crippen molar-refractivity contribution in [3.63, 3.8) is 0 Å². The van der Waals surface area contributed by atoms with Gasteiger partial charge in [0.25, 0.3) is 0 Å². The maximum absolute atomic E-state index is 12.2. The maximum atomic E-state index is 12.2. The molecule has 3 aromatic rings. The Morgan fingerprint density at radius 1 is 1.17 bits per heavy atom. The van der Waals surface area contributed by atoms with E-state index in [9.17, 15) is 4.79 Å². The van der Waals surface area contributed by atoms with E-state index in [4.69, 9.17) is 0 Å². The molecule has 0 radical (unpaired) electrons. The van der Waals surface area contributed by atoms with E-state index in [0.717, 1.165) is 11.2 Å². The molecule has 0 N–H and O–H groups in total. The minimum Gasteiger partial charge on any atom is -0.294 e. The molecule has 0 saturated carbocycles. The van der Waals surface area contributed by atoms with Gasteiger partial charge in [0.15, 0.2) is 5.78 Å². The standard InChI is InChI=1S/C14H11N3O/c18-14(9-11-5-1-3-7-15-11)12-10-16-17-8-4-2-6-13(12)17/h1-8,10H,9H2. The highest BCUT2D eigenvalue weighted by atomic mass is 16.1. The molecule has 0 aliphatic rings. The molecule has 0 unspecified atom stereocenters. The van der Waals surface area contributed by atoms with Crippen molar-refractivity contribution in [2.75, 3.05) is 0 Å². The van der Waals surface area contributed by atoms with Crippen LogP contribution < -0.4 is 0 Å². The Balaban J connectivity index is 1.93. The lowest BCUT2D eigenvalue weighted by atomic mass is 10.1. The van der Waals surface area contributed by atoms with Gasteiger partial charge in [0.1, 0.15) is 0 Å². The van der Waals surface area contributed by atoms with Crippen LogP contribution in [0.3, 0.4) is 0 Å². The Morgan fingerprint density at radius 2 is 2.06 bits per heavy atom. The molecule has 0 atom stereocenters. The molecule has 0 saturated heterocycles. The molecule has 3 aromatic heterocycles. The fraction of sp³-hybridized carbons (Fsp3) is 0.0714. The third-order valence-corrected chi connectivity index (χ3v) is 2.79. The van der Waals surface area contributed by atoms with Gasteiger partial charge < -0.3 is 0 Å². The van der Waals surface area contributed by atoms with E-state index in [1.807, 2.05) is 42.6 Å². The third kappa shape index (κ3) is 1.88. The number of aromatic nitrogens is 3. The summed E-state index contributed by atoms with van der Waals surface area (Å²) in [6, 6.07) is 11.2. The van der Waals surface area contributed by atoms with Crippen molar-refractivity contribution in [1.82, 2.24) is 14.6 Å². The van der Waals surface area contributed by atoms with Crippen LogP contribution in [0.1, 0.15) is 16.1 Å². The summed E-state index contributed by atoms with van der Waals surface area (Å²) in [5.41, 5.74) is 2.25. The number of ketones is 1. The molecule has 4 nitrogen and oxygen atoms in total. The number of nitrogens with zero attached hydrogens (tertiary/aromatic N) is 3. The second-order valence-corrected chi connectivity index (χ2v) is 4.01. The van der Waals surface area contributed by atoms with Gasteiger partial charge in [-0.05, 0) is 24.3 Å². The summed E-state index contributed by atoms with van der Waals surface area (Å²) in [6.45, 7) is 0. The molecule has 0 aliphatic heterocycles. The normalized spacial score (nSPS) is 10.7. The van der Waals surface area contributed by atoms with E-state index >= 15 is 0 Å². The number of rotatable bonds is 3. The molecule has 3 heterocycles. The first kappa shape index (κ1) is 10.7. The molecular weight excluding hydrogens is 226 g/mol. The first-order valence-corrected chi connectivity index (χ1v) is 5.70. The third-order valence-electron chi connectivity index (χ3n) is 2.79. The van der Waals surface area contributed by atoms with Crippen LogP contribution in [0, 0.1) is 0 Å². The lowest BCUT2D eigenvalue weighted by molar-refractivity contribution is 0.0993. The molecule has 0 spiro atoms. The summed E-state index contributed by atoms with van der Waals surface area (Å²) in [5, 5.41) is 4.16. The fourth-order valence-electron chi connectivity index (χ4n) is 1.91. The van der Waals surface area contributed by atoms with E-state index in [2.05, 4.69) is 10.1 Å². The van der Waals surface area contributed by atoms with Crippen LogP contribution in [0.25, 0.3) is 5.52 Å². The Kier molecular flexibility index (Phi) is 2.61. The first-order chi connectivity index (χ1) is 8.84. The van der Waals surface area contributed by atoms with Crippen molar-refractivity contribution in [2.24, 2.45) is 0 Å². The zero-order valence-electron chi connectivity index (χ0n) is 9.65. The average molecular weight is 237 g/mol. The maximum Gasteiger partial charge on any atom is 0.172 e. The molecular formula is C14H11N3O. The van der Waals surface area contributed by atoms with E-state index in [0.29, 0.717) is 12.0 Å². The van der Waals surface area contributed by atoms with E-state index in [-0.39, 0.29) is 5.78 Å². The number of carbonyl (C=O) groups is 1. The average Bonchev–Trinajstić information content (AvgIpc) is 2.84. The number of pyridine rings is 2.